The van der Waals surface area contributed by atoms with Gasteiger partial charge in [-0.15, -0.1) is 0 Å². The third kappa shape index (κ3) is 6.09. The van der Waals surface area contributed by atoms with Crippen LogP contribution in [-0.2, 0) is 11.2 Å². The normalized spacial score (nSPS) is 13.8. The predicted molar refractivity (Wildman–Crippen MR) is 133 cm³/mol. The van der Waals surface area contributed by atoms with E-state index in [1.165, 1.54) is 17.8 Å². The second kappa shape index (κ2) is 11.7. The Bertz CT molecular complexity index is 1250. The first-order valence-electron chi connectivity index (χ1n) is 11.6. The van der Waals surface area contributed by atoms with Gasteiger partial charge in [-0.05, 0) is 55.2 Å². The Morgan fingerprint density at radius 2 is 1.63 bits per heavy atom. The molecule has 1 aliphatic heterocycles. The number of carbonyl (C=O) groups excluding carboxylic acids is 2. The van der Waals surface area contributed by atoms with E-state index in [0.717, 1.165) is 9.79 Å². The van der Waals surface area contributed by atoms with Crippen LogP contribution in [0.1, 0.15) is 34.3 Å². The third-order valence-corrected chi connectivity index (χ3v) is 7.30. The number of piperidine rings is 1. The van der Waals surface area contributed by atoms with Gasteiger partial charge in [0.15, 0.2) is 0 Å². The fraction of sp³-hybridized carbons (Fsp3) is 0.250. The molecule has 0 saturated carbocycles. The van der Waals surface area contributed by atoms with Crippen LogP contribution in [-0.4, -0.2) is 36.3 Å². The molecule has 3 aromatic rings. The number of nitrogens with zero attached hydrogens (tertiary/aromatic N) is 2. The summed E-state index contributed by atoms with van der Waals surface area (Å²) in [5, 5.41) is 12.3. The molecule has 0 spiro atoms. The van der Waals surface area contributed by atoms with E-state index < -0.39 is 0 Å². The maximum Gasteiger partial charge on any atom is 0.255 e. The van der Waals surface area contributed by atoms with E-state index in [4.69, 9.17) is 0 Å². The Labute approximate surface area is 209 Å². The Balaban J connectivity index is 1.33. The molecule has 35 heavy (non-hydrogen) atoms. The smallest absolute Gasteiger partial charge is 0.255 e. The van der Waals surface area contributed by atoms with Gasteiger partial charge in [-0.3, -0.25) is 9.59 Å². The van der Waals surface area contributed by atoms with Crippen LogP contribution in [0.15, 0.2) is 82.6 Å². The van der Waals surface area contributed by atoms with E-state index in [9.17, 15) is 19.2 Å². The first kappa shape index (κ1) is 24.5. The molecule has 0 unspecified atom stereocenters. The van der Waals surface area contributed by atoms with Crippen LogP contribution in [0, 0.1) is 23.1 Å². The zero-order chi connectivity index (χ0) is 24.6. The Morgan fingerprint density at radius 1 is 0.971 bits per heavy atom. The molecule has 2 amide bonds. The number of nitrogens with one attached hydrogen (secondary N) is 1. The molecule has 0 aromatic heterocycles. The van der Waals surface area contributed by atoms with Crippen molar-refractivity contribution in [1.82, 2.24) is 10.2 Å². The molecule has 0 radical (unpaired) electrons. The molecule has 4 rings (SSSR count). The molecule has 0 aliphatic carbocycles. The van der Waals surface area contributed by atoms with E-state index in [1.54, 1.807) is 35.2 Å². The number of likely N-dealkylation sites (tertiary alicyclic amines) is 1. The summed E-state index contributed by atoms with van der Waals surface area (Å²) in [4.78, 5) is 29.3. The first-order chi connectivity index (χ1) is 17.1. The highest BCUT2D eigenvalue weighted by Crippen LogP contribution is 2.33. The molecular weight excluding hydrogens is 461 g/mol. The summed E-state index contributed by atoms with van der Waals surface area (Å²) in [5.41, 5.74) is 1.75. The van der Waals surface area contributed by atoms with Crippen LogP contribution >= 0.6 is 11.8 Å². The number of hydrogen-bond donors (Lipinski definition) is 1. The van der Waals surface area contributed by atoms with Gasteiger partial charge in [-0.1, -0.05) is 54.2 Å². The van der Waals surface area contributed by atoms with Crippen molar-refractivity contribution in [3.05, 3.63) is 95.3 Å². The molecule has 0 bridgehead atoms. The zero-order valence-electron chi connectivity index (χ0n) is 19.2. The summed E-state index contributed by atoms with van der Waals surface area (Å²) < 4.78 is 13.7. The van der Waals surface area contributed by atoms with Crippen LogP contribution in [0.2, 0.25) is 0 Å². The molecule has 5 nitrogen and oxygen atoms in total. The average molecular weight is 488 g/mol. The summed E-state index contributed by atoms with van der Waals surface area (Å²) in [7, 11) is 0. The number of rotatable bonds is 7. The summed E-state index contributed by atoms with van der Waals surface area (Å²) >= 11 is 1.41. The minimum atomic E-state index is -0.261. The minimum absolute atomic E-state index is 0.0440. The van der Waals surface area contributed by atoms with E-state index >= 15 is 0 Å². The molecule has 1 aliphatic rings. The van der Waals surface area contributed by atoms with Gasteiger partial charge < -0.3 is 10.2 Å². The highest BCUT2D eigenvalue weighted by molar-refractivity contribution is 7.99. The van der Waals surface area contributed by atoms with E-state index in [1.807, 2.05) is 36.4 Å². The summed E-state index contributed by atoms with van der Waals surface area (Å²) in [6.07, 6.45) is 1.62. The van der Waals surface area contributed by atoms with Gasteiger partial charge >= 0.3 is 0 Å². The standard InChI is InChI=1S/C28H26FN3O2S/c29-24-10-4-1-7-20(24)13-16-31-27(33)21-14-17-32(18-15-21)28(34)23-9-3-6-12-26(23)35-25-11-5-2-8-22(25)19-30/h1-12,21H,13-18H2,(H,31,33). The molecule has 1 saturated heterocycles. The van der Waals surface area contributed by atoms with Gasteiger partial charge in [0.05, 0.1) is 11.1 Å². The maximum atomic E-state index is 13.7. The van der Waals surface area contributed by atoms with Crippen LogP contribution in [0.25, 0.3) is 0 Å². The fourth-order valence-corrected chi connectivity index (χ4v) is 5.20. The molecule has 7 heteroatoms. The highest BCUT2D eigenvalue weighted by Gasteiger charge is 2.28. The van der Waals surface area contributed by atoms with Crippen molar-refractivity contribution in [2.45, 2.75) is 29.1 Å². The van der Waals surface area contributed by atoms with Crippen LogP contribution < -0.4 is 5.32 Å². The van der Waals surface area contributed by atoms with Crippen molar-refractivity contribution in [1.29, 1.82) is 5.26 Å². The third-order valence-electron chi connectivity index (χ3n) is 6.15. The lowest BCUT2D eigenvalue weighted by Crippen LogP contribution is -2.43. The van der Waals surface area contributed by atoms with E-state index in [0.29, 0.717) is 55.6 Å². The number of nitriles is 1. The summed E-state index contributed by atoms with van der Waals surface area (Å²) in [6, 6.07) is 23.5. The molecule has 3 aromatic carbocycles. The van der Waals surface area contributed by atoms with Gasteiger partial charge in [-0.2, -0.15) is 5.26 Å². The lowest BCUT2D eigenvalue weighted by molar-refractivity contribution is -0.126. The quantitative estimate of drug-likeness (QED) is 0.506. The van der Waals surface area contributed by atoms with Crippen molar-refractivity contribution in [3.63, 3.8) is 0 Å². The SMILES string of the molecule is N#Cc1ccccc1Sc1ccccc1C(=O)N1CCC(C(=O)NCCc2ccccc2F)CC1. The van der Waals surface area contributed by atoms with Crippen molar-refractivity contribution >= 4 is 23.6 Å². The van der Waals surface area contributed by atoms with Crippen molar-refractivity contribution in [3.8, 4) is 6.07 Å². The molecule has 1 fully saturated rings. The number of halogens is 1. The monoisotopic (exact) mass is 487 g/mol. The Morgan fingerprint density at radius 3 is 2.37 bits per heavy atom. The minimum Gasteiger partial charge on any atom is -0.356 e. The van der Waals surface area contributed by atoms with Gasteiger partial charge in [0.25, 0.3) is 5.91 Å². The number of amides is 2. The number of hydrogen-bond acceptors (Lipinski definition) is 4. The Hall–Kier alpha value is -3.63. The topological polar surface area (TPSA) is 73.2 Å². The van der Waals surface area contributed by atoms with Crippen LogP contribution in [0.3, 0.4) is 0 Å². The van der Waals surface area contributed by atoms with Gasteiger partial charge in [0, 0.05) is 35.3 Å². The zero-order valence-corrected chi connectivity index (χ0v) is 20.1. The average Bonchev–Trinajstić information content (AvgIpc) is 2.90. The largest absolute Gasteiger partial charge is 0.356 e. The predicted octanol–water partition coefficient (Wildman–Crippen LogP) is 5.06. The van der Waals surface area contributed by atoms with Crippen LogP contribution in [0.4, 0.5) is 4.39 Å². The maximum absolute atomic E-state index is 13.7. The molecular formula is C28H26FN3O2S. The summed E-state index contributed by atoms with van der Waals surface area (Å²) in [5.74, 6) is -0.534. The van der Waals surface area contributed by atoms with Crippen molar-refractivity contribution < 1.29 is 14.0 Å². The molecule has 178 valence electrons. The van der Waals surface area contributed by atoms with Gasteiger partial charge in [0.2, 0.25) is 5.91 Å². The number of carbonyl (C=O) groups is 2. The lowest BCUT2D eigenvalue weighted by Gasteiger charge is -2.31. The molecule has 0 atom stereocenters. The second-order valence-corrected chi connectivity index (χ2v) is 9.49. The molecule has 1 heterocycles. The number of benzene rings is 3. The van der Waals surface area contributed by atoms with Crippen molar-refractivity contribution in [2.75, 3.05) is 19.6 Å². The highest BCUT2D eigenvalue weighted by atomic mass is 32.2. The fourth-order valence-electron chi connectivity index (χ4n) is 4.18. The van der Waals surface area contributed by atoms with Gasteiger partial charge in [-0.25, -0.2) is 4.39 Å². The van der Waals surface area contributed by atoms with Gasteiger partial charge in [0.1, 0.15) is 11.9 Å². The van der Waals surface area contributed by atoms with Crippen molar-refractivity contribution in [2.24, 2.45) is 5.92 Å². The second-order valence-electron chi connectivity index (χ2n) is 8.41. The van der Waals surface area contributed by atoms with E-state index in [-0.39, 0.29) is 23.5 Å². The summed E-state index contributed by atoms with van der Waals surface area (Å²) in [6.45, 7) is 1.38. The van der Waals surface area contributed by atoms with Crippen LogP contribution in [0.5, 0.6) is 0 Å². The van der Waals surface area contributed by atoms with E-state index in [2.05, 4.69) is 11.4 Å². The Kier molecular flexibility index (Phi) is 8.17. The molecule has 1 N–H and O–H groups in total. The lowest BCUT2D eigenvalue weighted by atomic mass is 9.95. The first-order valence-corrected chi connectivity index (χ1v) is 12.4.